The van der Waals surface area contributed by atoms with Crippen molar-refractivity contribution in [2.45, 2.75) is 56.1 Å². The molecule has 0 aromatic heterocycles. The molecule has 2 N–H and O–H groups in total. The van der Waals surface area contributed by atoms with E-state index in [0.717, 1.165) is 25.2 Å². The van der Waals surface area contributed by atoms with E-state index in [1.807, 2.05) is 12.3 Å². The van der Waals surface area contributed by atoms with Crippen molar-refractivity contribution >= 4 is 12.1 Å². The summed E-state index contributed by atoms with van der Waals surface area (Å²) >= 11 is 0. The SMILES string of the molecule is FC1=CC(O[C@H]2CCCOC2)C(NC2N=CN=C3C=CNC32)CC1. The van der Waals surface area contributed by atoms with Crippen LogP contribution in [0.1, 0.15) is 25.7 Å². The summed E-state index contributed by atoms with van der Waals surface area (Å²) in [4.78, 5) is 8.72. The van der Waals surface area contributed by atoms with Crippen molar-refractivity contribution in [3.05, 3.63) is 24.2 Å². The Morgan fingerprint density at radius 3 is 3.21 bits per heavy atom. The number of rotatable bonds is 4. The molecule has 1 saturated heterocycles. The van der Waals surface area contributed by atoms with Gasteiger partial charge >= 0.3 is 0 Å². The predicted molar refractivity (Wildman–Crippen MR) is 89.8 cm³/mol. The lowest BCUT2D eigenvalue weighted by Gasteiger charge is -2.36. The second-order valence-corrected chi connectivity index (χ2v) is 6.61. The molecule has 130 valence electrons. The Hall–Kier alpha value is -1.57. The van der Waals surface area contributed by atoms with Crippen LogP contribution in [0.4, 0.5) is 4.39 Å². The second-order valence-electron chi connectivity index (χ2n) is 6.61. The molecule has 4 unspecified atom stereocenters. The highest BCUT2D eigenvalue weighted by molar-refractivity contribution is 6.06. The molecule has 6 nitrogen and oxygen atoms in total. The Balaban J connectivity index is 1.42. The van der Waals surface area contributed by atoms with Gasteiger partial charge in [0.15, 0.2) is 0 Å². The number of nitrogens with zero attached hydrogens (tertiary/aromatic N) is 2. The molecule has 4 aliphatic rings. The Kier molecular flexibility index (Phi) is 4.73. The summed E-state index contributed by atoms with van der Waals surface area (Å²) in [5.74, 6) is -0.0927. The zero-order valence-electron chi connectivity index (χ0n) is 13.5. The zero-order valence-corrected chi connectivity index (χ0v) is 13.5. The van der Waals surface area contributed by atoms with E-state index in [0.29, 0.717) is 19.4 Å². The van der Waals surface area contributed by atoms with E-state index in [4.69, 9.17) is 9.47 Å². The topological polar surface area (TPSA) is 67.2 Å². The average molecular weight is 334 g/mol. The maximum absolute atomic E-state index is 13.8. The average Bonchev–Trinajstić information content (AvgIpc) is 3.08. The number of hydrogen-bond donors (Lipinski definition) is 2. The molecule has 3 aliphatic heterocycles. The molecule has 24 heavy (non-hydrogen) atoms. The number of ether oxygens (including phenoxy) is 2. The normalized spacial score (nSPS) is 38.3. The minimum Gasteiger partial charge on any atom is -0.379 e. The molecular formula is C17H23FN4O2. The van der Waals surface area contributed by atoms with Crippen molar-refractivity contribution in [3.8, 4) is 0 Å². The highest BCUT2D eigenvalue weighted by Crippen LogP contribution is 2.25. The molecule has 3 heterocycles. The van der Waals surface area contributed by atoms with Gasteiger partial charge in [-0.25, -0.2) is 9.38 Å². The van der Waals surface area contributed by atoms with Crippen LogP contribution in [0.25, 0.3) is 0 Å². The van der Waals surface area contributed by atoms with Gasteiger partial charge in [0.2, 0.25) is 0 Å². The predicted octanol–water partition coefficient (Wildman–Crippen LogP) is 1.45. The second kappa shape index (κ2) is 7.13. The highest BCUT2D eigenvalue weighted by atomic mass is 19.1. The van der Waals surface area contributed by atoms with E-state index in [1.54, 1.807) is 12.4 Å². The standard InChI is InChI=1S/C17H23FN4O2/c18-11-3-4-13(15(8-11)24-12-2-1-7-23-9-12)22-17-16-14(5-6-19-16)20-10-21-17/h5-6,8,10,12-13,15-17,19,22H,1-4,7,9H2/t12-,13?,15?,16?,17?/m0/s1. The maximum Gasteiger partial charge on any atom is 0.128 e. The van der Waals surface area contributed by atoms with Gasteiger partial charge in [-0.3, -0.25) is 10.3 Å². The summed E-state index contributed by atoms with van der Waals surface area (Å²) in [6.45, 7) is 1.38. The summed E-state index contributed by atoms with van der Waals surface area (Å²) in [6, 6.07) is 0.0553. The van der Waals surface area contributed by atoms with Crippen molar-refractivity contribution in [1.29, 1.82) is 0 Å². The smallest absolute Gasteiger partial charge is 0.128 e. The minimum atomic E-state index is -0.294. The lowest BCUT2D eigenvalue weighted by molar-refractivity contribution is -0.0823. The van der Waals surface area contributed by atoms with Crippen LogP contribution >= 0.6 is 0 Å². The quantitative estimate of drug-likeness (QED) is 0.817. The minimum absolute atomic E-state index is 0.0235. The van der Waals surface area contributed by atoms with Crippen molar-refractivity contribution < 1.29 is 13.9 Å². The van der Waals surface area contributed by atoms with Gasteiger partial charge in [0.25, 0.3) is 0 Å². The highest BCUT2D eigenvalue weighted by Gasteiger charge is 2.35. The van der Waals surface area contributed by atoms with Gasteiger partial charge in [-0.1, -0.05) is 0 Å². The first kappa shape index (κ1) is 15.9. The largest absolute Gasteiger partial charge is 0.379 e. The van der Waals surface area contributed by atoms with Gasteiger partial charge < -0.3 is 14.8 Å². The van der Waals surface area contributed by atoms with Gasteiger partial charge in [0.1, 0.15) is 18.5 Å². The van der Waals surface area contributed by atoms with Gasteiger partial charge in [0, 0.05) is 19.1 Å². The van der Waals surface area contributed by atoms with Gasteiger partial charge in [-0.05, 0) is 37.6 Å². The third kappa shape index (κ3) is 3.43. The number of hydrogen-bond acceptors (Lipinski definition) is 6. The molecule has 0 spiro atoms. The number of fused-ring (bicyclic) bond motifs is 1. The van der Waals surface area contributed by atoms with Crippen molar-refractivity contribution in [2.75, 3.05) is 13.2 Å². The van der Waals surface area contributed by atoms with Crippen LogP contribution in [0.15, 0.2) is 34.2 Å². The molecule has 7 heteroatoms. The van der Waals surface area contributed by atoms with E-state index in [-0.39, 0.29) is 36.3 Å². The molecule has 0 amide bonds. The van der Waals surface area contributed by atoms with Gasteiger partial charge in [-0.15, -0.1) is 0 Å². The molecule has 0 aromatic carbocycles. The van der Waals surface area contributed by atoms with E-state index in [1.165, 1.54) is 0 Å². The molecular weight excluding hydrogens is 311 g/mol. The zero-order chi connectivity index (χ0) is 16.4. The molecule has 1 aliphatic carbocycles. The first-order valence-corrected chi connectivity index (χ1v) is 8.67. The van der Waals surface area contributed by atoms with E-state index < -0.39 is 0 Å². The third-order valence-corrected chi connectivity index (χ3v) is 4.89. The number of nitrogens with one attached hydrogen (secondary N) is 2. The molecule has 0 aromatic rings. The summed E-state index contributed by atoms with van der Waals surface area (Å²) in [5, 5.41) is 6.80. The molecule has 0 bridgehead atoms. The van der Waals surface area contributed by atoms with E-state index in [9.17, 15) is 4.39 Å². The number of allylic oxidation sites excluding steroid dienone is 1. The Bertz CT molecular complexity index is 583. The molecule has 0 saturated carbocycles. The van der Waals surface area contributed by atoms with Gasteiger partial charge in [0.05, 0.1) is 30.4 Å². The Morgan fingerprint density at radius 2 is 2.33 bits per heavy atom. The van der Waals surface area contributed by atoms with Crippen molar-refractivity contribution in [3.63, 3.8) is 0 Å². The van der Waals surface area contributed by atoms with Gasteiger partial charge in [-0.2, -0.15) is 0 Å². The van der Waals surface area contributed by atoms with Crippen LogP contribution in [-0.4, -0.2) is 55.7 Å². The first-order chi connectivity index (χ1) is 11.8. The summed E-state index contributed by atoms with van der Waals surface area (Å²) in [7, 11) is 0. The Labute approximate surface area is 140 Å². The molecule has 1 fully saturated rings. The number of halogens is 1. The van der Waals surface area contributed by atoms with Crippen LogP contribution in [0.5, 0.6) is 0 Å². The van der Waals surface area contributed by atoms with Crippen LogP contribution in [0.2, 0.25) is 0 Å². The fourth-order valence-electron chi connectivity index (χ4n) is 3.61. The van der Waals surface area contributed by atoms with Crippen molar-refractivity contribution in [1.82, 2.24) is 10.6 Å². The summed E-state index contributed by atoms with van der Waals surface area (Å²) in [6.07, 6.45) is 9.75. The number of aliphatic imine (C=N–C) groups is 2. The van der Waals surface area contributed by atoms with Crippen LogP contribution in [0.3, 0.4) is 0 Å². The summed E-state index contributed by atoms with van der Waals surface area (Å²) < 4.78 is 25.4. The fourth-order valence-corrected chi connectivity index (χ4v) is 3.61. The lowest BCUT2D eigenvalue weighted by Crippen LogP contribution is -2.55. The van der Waals surface area contributed by atoms with Crippen LogP contribution in [-0.2, 0) is 9.47 Å². The monoisotopic (exact) mass is 334 g/mol. The summed E-state index contributed by atoms with van der Waals surface area (Å²) in [5.41, 5.74) is 0.971. The lowest BCUT2D eigenvalue weighted by atomic mass is 9.96. The third-order valence-electron chi connectivity index (χ3n) is 4.89. The van der Waals surface area contributed by atoms with Crippen molar-refractivity contribution in [2.24, 2.45) is 9.98 Å². The Morgan fingerprint density at radius 1 is 1.38 bits per heavy atom. The van der Waals surface area contributed by atoms with Crippen LogP contribution < -0.4 is 10.6 Å². The molecule has 4 rings (SSSR count). The molecule has 5 atom stereocenters. The van der Waals surface area contributed by atoms with E-state index >= 15 is 0 Å². The van der Waals surface area contributed by atoms with E-state index in [2.05, 4.69) is 20.6 Å². The maximum atomic E-state index is 13.8. The molecule has 0 radical (unpaired) electrons. The fraction of sp³-hybridized carbons (Fsp3) is 0.647. The van der Waals surface area contributed by atoms with Crippen LogP contribution in [0, 0.1) is 0 Å². The first-order valence-electron chi connectivity index (χ1n) is 8.67.